The van der Waals surface area contributed by atoms with Crippen molar-refractivity contribution in [2.24, 2.45) is 5.73 Å². The molecule has 2 rings (SSSR count). The monoisotopic (exact) mass is 376 g/mol. The zero-order valence-electron chi connectivity index (χ0n) is 16.3. The lowest BCUT2D eigenvalue weighted by Gasteiger charge is -2.27. The number of benzene rings is 1. The van der Waals surface area contributed by atoms with Crippen LogP contribution in [-0.4, -0.2) is 48.2 Å². The maximum absolute atomic E-state index is 11.8. The molecule has 1 aromatic rings. The number of terminal acetylenes is 1. The van der Waals surface area contributed by atoms with Crippen LogP contribution in [-0.2, 0) is 14.3 Å². The maximum Gasteiger partial charge on any atom is 0.411 e. The zero-order chi connectivity index (χ0) is 21.0. The van der Waals surface area contributed by atoms with Crippen molar-refractivity contribution >= 4 is 18.0 Å². The fraction of sp³-hybridized carbons (Fsp3) is 0.450. The summed E-state index contributed by atoms with van der Waals surface area (Å²) in [7, 11) is 1.33. The Labute approximate surface area is 160 Å². The molecule has 0 radical (unpaired) electrons. The predicted octanol–water partition coefficient (Wildman–Crippen LogP) is 2.59. The van der Waals surface area contributed by atoms with Crippen LogP contribution >= 0.6 is 0 Å². The molecule has 0 aromatic heterocycles. The average Bonchev–Trinajstić information content (AvgIpc) is 3.12. The first-order valence-corrected chi connectivity index (χ1v) is 8.41. The normalized spacial score (nSPS) is 15.3. The van der Waals surface area contributed by atoms with Crippen LogP contribution in [0.4, 0.5) is 4.79 Å². The van der Waals surface area contributed by atoms with Crippen molar-refractivity contribution in [1.82, 2.24) is 4.90 Å². The third kappa shape index (κ3) is 8.77. The number of nitrogens with two attached hydrogens (primary N) is 1. The largest absolute Gasteiger partial charge is 0.467 e. The number of amides is 2. The Bertz CT molecular complexity index is 635. The topological polar surface area (TPSA) is 98.9 Å². The van der Waals surface area contributed by atoms with Gasteiger partial charge in [-0.1, -0.05) is 18.2 Å². The SMILES string of the molecule is C#C.COC(=O)[C@@H]1CCCN1C(=O)OC(C)(C)C.NC(=O)c1ccccc1. The van der Waals surface area contributed by atoms with Crippen LogP contribution in [0, 0.1) is 12.8 Å². The summed E-state index contributed by atoms with van der Waals surface area (Å²) < 4.78 is 9.88. The van der Waals surface area contributed by atoms with Crippen LogP contribution in [0.25, 0.3) is 0 Å². The van der Waals surface area contributed by atoms with E-state index in [0.717, 1.165) is 6.42 Å². The Kier molecular flexibility index (Phi) is 10.3. The van der Waals surface area contributed by atoms with Gasteiger partial charge in [-0.25, -0.2) is 9.59 Å². The molecule has 1 aromatic carbocycles. The molecule has 1 fully saturated rings. The summed E-state index contributed by atoms with van der Waals surface area (Å²) in [5, 5.41) is 0. The van der Waals surface area contributed by atoms with Crippen molar-refractivity contribution in [2.75, 3.05) is 13.7 Å². The molecule has 1 heterocycles. The Morgan fingerprint density at radius 2 is 1.70 bits per heavy atom. The third-order valence-electron chi connectivity index (χ3n) is 3.41. The van der Waals surface area contributed by atoms with Crippen LogP contribution < -0.4 is 5.73 Å². The quantitative estimate of drug-likeness (QED) is 0.632. The second-order valence-corrected chi connectivity index (χ2v) is 6.59. The fourth-order valence-corrected chi connectivity index (χ4v) is 2.29. The van der Waals surface area contributed by atoms with Gasteiger partial charge in [0.15, 0.2) is 0 Å². The first-order valence-electron chi connectivity index (χ1n) is 8.41. The molecule has 7 nitrogen and oxygen atoms in total. The van der Waals surface area contributed by atoms with Gasteiger partial charge >= 0.3 is 12.1 Å². The summed E-state index contributed by atoms with van der Waals surface area (Å²) in [5.74, 6) is -0.751. The van der Waals surface area contributed by atoms with E-state index in [9.17, 15) is 14.4 Å². The molecule has 0 aliphatic carbocycles. The van der Waals surface area contributed by atoms with Crippen molar-refractivity contribution in [3.05, 3.63) is 35.9 Å². The lowest BCUT2D eigenvalue weighted by atomic mass is 10.2. The zero-order valence-corrected chi connectivity index (χ0v) is 16.3. The van der Waals surface area contributed by atoms with Gasteiger partial charge in [0.05, 0.1) is 7.11 Å². The van der Waals surface area contributed by atoms with Crippen molar-refractivity contribution in [1.29, 1.82) is 0 Å². The Morgan fingerprint density at radius 3 is 2.11 bits per heavy atom. The maximum atomic E-state index is 11.8. The number of rotatable bonds is 2. The molecule has 0 unspecified atom stereocenters. The van der Waals surface area contributed by atoms with E-state index in [-0.39, 0.29) is 11.9 Å². The number of primary amides is 1. The highest BCUT2D eigenvalue weighted by Gasteiger charge is 2.37. The highest BCUT2D eigenvalue weighted by atomic mass is 16.6. The number of ether oxygens (including phenoxy) is 2. The van der Waals surface area contributed by atoms with Gasteiger partial charge in [-0.15, -0.1) is 12.8 Å². The molecular formula is C20H28N2O5. The van der Waals surface area contributed by atoms with Crippen LogP contribution in [0.2, 0.25) is 0 Å². The Hall–Kier alpha value is -3.01. The molecule has 2 N–H and O–H groups in total. The third-order valence-corrected chi connectivity index (χ3v) is 3.41. The van der Waals surface area contributed by atoms with Crippen molar-refractivity contribution in [3.63, 3.8) is 0 Å². The lowest BCUT2D eigenvalue weighted by molar-refractivity contribution is -0.145. The smallest absolute Gasteiger partial charge is 0.411 e. The molecule has 7 heteroatoms. The minimum absolute atomic E-state index is 0.372. The van der Waals surface area contributed by atoms with Gasteiger partial charge in [0, 0.05) is 12.1 Å². The van der Waals surface area contributed by atoms with Gasteiger partial charge < -0.3 is 15.2 Å². The van der Waals surface area contributed by atoms with Crippen molar-refractivity contribution in [3.8, 4) is 12.8 Å². The molecule has 0 spiro atoms. The summed E-state index contributed by atoms with van der Waals surface area (Å²) in [6.07, 6.45) is 9.01. The van der Waals surface area contributed by atoms with Crippen LogP contribution in [0.3, 0.4) is 0 Å². The van der Waals surface area contributed by atoms with Gasteiger partial charge in [0.2, 0.25) is 5.91 Å². The molecule has 1 aliphatic rings. The minimum Gasteiger partial charge on any atom is -0.467 e. The van der Waals surface area contributed by atoms with Crippen LogP contribution in [0.15, 0.2) is 30.3 Å². The summed E-state index contributed by atoms with van der Waals surface area (Å²) >= 11 is 0. The van der Waals surface area contributed by atoms with E-state index in [4.69, 9.17) is 10.5 Å². The molecular weight excluding hydrogens is 348 g/mol. The Morgan fingerprint density at radius 1 is 1.15 bits per heavy atom. The summed E-state index contributed by atoms with van der Waals surface area (Å²) in [6, 6.07) is 8.27. The molecule has 0 bridgehead atoms. The molecule has 1 aliphatic heterocycles. The van der Waals surface area contributed by atoms with Gasteiger partial charge in [0.1, 0.15) is 11.6 Å². The van der Waals surface area contributed by atoms with E-state index >= 15 is 0 Å². The summed E-state index contributed by atoms with van der Waals surface area (Å²) in [6.45, 7) is 5.95. The van der Waals surface area contributed by atoms with E-state index in [1.165, 1.54) is 12.0 Å². The summed E-state index contributed by atoms with van der Waals surface area (Å²) in [4.78, 5) is 35.1. The molecule has 2 amide bonds. The van der Waals surface area contributed by atoms with Gasteiger partial charge in [-0.3, -0.25) is 9.69 Å². The van der Waals surface area contributed by atoms with Gasteiger partial charge in [0.25, 0.3) is 0 Å². The van der Waals surface area contributed by atoms with Crippen LogP contribution in [0.5, 0.6) is 0 Å². The van der Waals surface area contributed by atoms with Crippen molar-refractivity contribution in [2.45, 2.75) is 45.3 Å². The number of hydrogen-bond acceptors (Lipinski definition) is 5. The number of esters is 1. The first kappa shape index (κ1) is 24.0. The highest BCUT2D eigenvalue weighted by Crippen LogP contribution is 2.21. The first-order chi connectivity index (χ1) is 12.7. The lowest BCUT2D eigenvalue weighted by Crippen LogP contribution is -2.43. The molecule has 27 heavy (non-hydrogen) atoms. The van der Waals surface area contributed by atoms with Crippen molar-refractivity contribution < 1.29 is 23.9 Å². The fourth-order valence-electron chi connectivity index (χ4n) is 2.29. The number of carbonyl (C=O) groups is 3. The Balaban J connectivity index is 0.000000519. The highest BCUT2D eigenvalue weighted by molar-refractivity contribution is 5.92. The van der Waals surface area contributed by atoms with Gasteiger partial charge in [-0.05, 0) is 45.7 Å². The second-order valence-electron chi connectivity index (χ2n) is 6.59. The van der Waals surface area contributed by atoms with E-state index in [0.29, 0.717) is 18.5 Å². The minimum atomic E-state index is -0.541. The molecule has 0 saturated carbocycles. The number of methoxy groups -OCH3 is 1. The van der Waals surface area contributed by atoms with E-state index < -0.39 is 17.7 Å². The summed E-state index contributed by atoms with van der Waals surface area (Å²) in [5.41, 5.74) is 4.99. The second kappa shape index (κ2) is 11.6. The number of carbonyl (C=O) groups excluding carboxylic acids is 3. The number of hydrogen-bond donors (Lipinski definition) is 1. The molecule has 1 atom stereocenters. The van der Waals surface area contributed by atoms with E-state index in [2.05, 4.69) is 17.6 Å². The standard InChI is InChI=1S/C11H19NO4.C7H7NO.C2H2/c1-11(2,3)16-10(14)12-7-5-6-8(12)9(13)15-4;8-7(9)6-4-2-1-3-5-6;1-2/h8H,5-7H2,1-4H3;1-5H,(H2,8,9);1-2H/t8-;;/m0../s1. The van der Waals surface area contributed by atoms with Gasteiger partial charge in [-0.2, -0.15) is 0 Å². The molecule has 148 valence electrons. The van der Waals surface area contributed by atoms with E-state index in [1.807, 2.05) is 6.07 Å². The average molecular weight is 376 g/mol. The number of likely N-dealkylation sites (tertiary alicyclic amines) is 1. The molecule has 1 saturated heterocycles. The van der Waals surface area contributed by atoms with E-state index in [1.54, 1.807) is 45.0 Å². The predicted molar refractivity (Wildman–Crippen MR) is 103 cm³/mol. The number of nitrogens with zero attached hydrogens (tertiary/aromatic N) is 1. The van der Waals surface area contributed by atoms with Crippen LogP contribution in [0.1, 0.15) is 44.0 Å².